The van der Waals surface area contributed by atoms with Crippen LogP contribution in [0.15, 0.2) is 82.5 Å². The fourth-order valence-corrected chi connectivity index (χ4v) is 3.39. The van der Waals surface area contributed by atoms with Crippen LogP contribution in [0.2, 0.25) is 0 Å². The average molecular weight is 361 g/mol. The monoisotopic (exact) mass is 361 g/mol. The van der Waals surface area contributed by atoms with Crippen molar-refractivity contribution in [3.8, 4) is 0 Å². The van der Waals surface area contributed by atoms with E-state index >= 15 is 0 Å². The normalized spacial score (nSPS) is 16.4. The molecule has 26 heavy (non-hydrogen) atoms. The Kier molecular flexibility index (Phi) is 4.54. The lowest BCUT2D eigenvalue weighted by Crippen LogP contribution is -2.30. The van der Waals surface area contributed by atoms with Gasteiger partial charge in [-0.3, -0.25) is 0 Å². The number of thiocarbonyl (C=S) groups is 1. The first-order valence-corrected chi connectivity index (χ1v) is 8.95. The highest BCUT2D eigenvalue weighted by molar-refractivity contribution is 7.80. The molecule has 0 aliphatic carbocycles. The van der Waals surface area contributed by atoms with E-state index < -0.39 is 0 Å². The van der Waals surface area contributed by atoms with Crippen LogP contribution in [0.3, 0.4) is 0 Å². The summed E-state index contributed by atoms with van der Waals surface area (Å²) in [6, 6.07) is 22.1. The van der Waals surface area contributed by atoms with Crippen LogP contribution in [0.25, 0.3) is 0 Å². The van der Waals surface area contributed by atoms with Gasteiger partial charge in [-0.15, -0.1) is 0 Å². The summed E-state index contributed by atoms with van der Waals surface area (Å²) in [7, 11) is 0. The average Bonchev–Trinajstić information content (AvgIpc) is 3.32. The lowest BCUT2D eigenvalue weighted by atomic mass is 10.0. The Labute approximate surface area is 158 Å². The van der Waals surface area contributed by atoms with E-state index in [1.165, 1.54) is 5.56 Å². The second-order valence-corrected chi connectivity index (χ2v) is 6.68. The van der Waals surface area contributed by atoms with Crippen LogP contribution in [0.5, 0.6) is 0 Å². The molecule has 0 spiro atoms. The smallest absolute Gasteiger partial charge is 0.194 e. The Bertz CT molecular complexity index is 935. The number of nitrogens with zero attached hydrogens (tertiary/aromatic N) is 2. The first kappa shape index (κ1) is 16.5. The maximum atomic E-state index is 5.65. The van der Waals surface area contributed by atoms with Crippen molar-refractivity contribution in [1.82, 2.24) is 5.01 Å². The SMILES string of the molecule is Cc1cccc(C2=NN(C(=S)Nc3ccccc3)[C@@H](c3ccco3)C2)c1. The maximum Gasteiger partial charge on any atom is 0.194 e. The number of nitrogens with one attached hydrogen (secondary N) is 1. The molecule has 2 aromatic carbocycles. The minimum Gasteiger partial charge on any atom is -0.467 e. The first-order chi connectivity index (χ1) is 12.7. The van der Waals surface area contributed by atoms with Crippen molar-refractivity contribution in [2.24, 2.45) is 5.10 Å². The molecule has 4 rings (SSSR count). The molecule has 0 bridgehead atoms. The van der Waals surface area contributed by atoms with Gasteiger partial charge in [-0.05, 0) is 49.0 Å². The minimum absolute atomic E-state index is 0.0516. The van der Waals surface area contributed by atoms with Gasteiger partial charge in [-0.1, -0.05) is 48.0 Å². The summed E-state index contributed by atoms with van der Waals surface area (Å²) >= 11 is 5.64. The summed E-state index contributed by atoms with van der Waals surface area (Å²) in [5, 5.41) is 10.5. The van der Waals surface area contributed by atoms with Crippen molar-refractivity contribution < 1.29 is 4.42 Å². The van der Waals surface area contributed by atoms with Gasteiger partial charge >= 0.3 is 0 Å². The van der Waals surface area contributed by atoms with Gasteiger partial charge in [0.2, 0.25) is 0 Å². The van der Waals surface area contributed by atoms with Crippen LogP contribution in [0, 0.1) is 6.92 Å². The second-order valence-electron chi connectivity index (χ2n) is 6.29. The molecule has 0 amide bonds. The number of benzene rings is 2. The summed E-state index contributed by atoms with van der Waals surface area (Å²) in [5.74, 6) is 0.855. The third kappa shape index (κ3) is 3.39. The van der Waals surface area contributed by atoms with Crippen LogP contribution in [0.4, 0.5) is 5.69 Å². The van der Waals surface area contributed by atoms with Crippen molar-refractivity contribution in [2.75, 3.05) is 5.32 Å². The quantitative estimate of drug-likeness (QED) is 0.656. The van der Waals surface area contributed by atoms with Crippen LogP contribution in [-0.4, -0.2) is 15.8 Å². The second kappa shape index (κ2) is 7.14. The third-order valence-corrected chi connectivity index (χ3v) is 4.66. The molecule has 1 aliphatic rings. The number of hydrogen-bond acceptors (Lipinski definition) is 3. The van der Waals surface area contributed by atoms with Gasteiger partial charge in [0.15, 0.2) is 5.11 Å². The van der Waals surface area contributed by atoms with E-state index in [2.05, 4.69) is 36.5 Å². The molecule has 1 N–H and O–H groups in total. The molecule has 0 saturated heterocycles. The predicted molar refractivity (Wildman–Crippen MR) is 108 cm³/mol. The number of anilines is 1. The van der Waals surface area contributed by atoms with Crippen LogP contribution in [-0.2, 0) is 0 Å². The molecule has 1 atom stereocenters. The summed E-state index contributed by atoms with van der Waals surface area (Å²) in [6.07, 6.45) is 2.43. The molecular weight excluding hydrogens is 342 g/mol. The molecular formula is C21H19N3OS. The molecule has 5 heteroatoms. The molecule has 1 aromatic heterocycles. The fourth-order valence-electron chi connectivity index (χ4n) is 3.10. The Morgan fingerprint density at radius 3 is 2.69 bits per heavy atom. The van der Waals surface area contributed by atoms with Gasteiger partial charge in [-0.25, -0.2) is 5.01 Å². The van der Waals surface area contributed by atoms with Crippen molar-refractivity contribution in [3.05, 3.63) is 89.9 Å². The lowest BCUT2D eigenvalue weighted by Gasteiger charge is -2.23. The van der Waals surface area contributed by atoms with Gasteiger partial charge in [0.25, 0.3) is 0 Å². The van der Waals surface area contributed by atoms with E-state index in [9.17, 15) is 0 Å². The largest absolute Gasteiger partial charge is 0.467 e. The number of aryl methyl sites for hydroxylation is 1. The zero-order chi connectivity index (χ0) is 17.9. The van der Waals surface area contributed by atoms with Gasteiger partial charge in [0, 0.05) is 12.1 Å². The number of rotatable bonds is 3. The number of furan rings is 1. The van der Waals surface area contributed by atoms with Crippen molar-refractivity contribution in [1.29, 1.82) is 0 Å². The number of hydrogen-bond donors (Lipinski definition) is 1. The van der Waals surface area contributed by atoms with Crippen LogP contribution < -0.4 is 5.32 Å². The standard InChI is InChI=1S/C21H19N3OS/c1-15-7-5-8-16(13-15)18-14-19(20-11-6-12-25-20)24(23-18)21(26)22-17-9-3-2-4-10-17/h2-13,19H,14H2,1H3,(H,22,26)/t19-/m1/s1. The summed E-state index contributed by atoms with van der Waals surface area (Å²) < 4.78 is 5.65. The predicted octanol–water partition coefficient (Wildman–Crippen LogP) is 5.14. The molecule has 3 aromatic rings. The maximum absolute atomic E-state index is 5.65. The molecule has 0 radical (unpaired) electrons. The van der Waals surface area contributed by atoms with E-state index in [0.29, 0.717) is 5.11 Å². The zero-order valence-corrected chi connectivity index (χ0v) is 15.2. The Morgan fingerprint density at radius 1 is 1.12 bits per heavy atom. The van der Waals surface area contributed by atoms with Crippen LogP contribution >= 0.6 is 12.2 Å². The van der Waals surface area contributed by atoms with Crippen molar-refractivity contribution >= 4 is 28.7 Å². The first-order valence-electron chi connectivity index (χ1n) is 8.54. The van der Waals surface area contributed by atoms with E-state index in [0.717, 1.165) is 29.1 Å². The number of hydrazone groups is 1. The topological polar surface area (TPSA) is 40.8 Å². The Balaban J connectivity index is 1.64. The summed E-state index contributed by atoms with van der Waals surface area (Å²) in [4.78, 5) is 0. The van der Waals surface area contributed by atoms with E-state index in [-0.39, 0.29) is 6.04 Å². The van der Waals surface area contributed by atoms with Gasteiger partial charge in [-0.2, -0.15) is 5.10 Å². The molecule has 0 unspecified atom stereocenters. The molecule has 130 valence electrons. The number of para-hydroxylation sites is 1. The fraction of sp³-hybridized carbons (Fsp3) is 0.143. The molecule has 2 heterocycles. The van der Waals surface area contributed by atoms with E-state index in [4.69, 9.17) is 21.7 Å². The van der Waals surface area contributed by atoms with Crippen LogP contribution in [0.1, 0.15) is 29.3 Å². The molecule has 0 saturated carbocycles. The van der Waals surface area contributed by atoms with E-state index in [1.54, 1.807) is 6.26 Å². The van der Waals surface area contributed by atoms with Gasteiger partial charge in [0.1, 0.15) is 11.8 Å². The van der Waals surface area contributed by atoms with Gasteiger partial charge in [0.05, 0.1) is 12.0 Å². The van der Waals surface area contributed by atoms with Crippen molar-refractivity contribution in [3.63, 3.8) is 0 Å². The highest BCUT2D eigenvalue weighted by Gasteiger charge is 2.33. The summed E-state index contributed by atoms with van der Waals surface area (Å²) in [5.41, 5.74) is 4.27. The Hall–Kier alpha value is -2.92. The van der Waals surface area contributed by atoms with Gasteiger partial charge < -0.3 is 9.73 Å². The van der Waals surface area contributed by atoms with Crippen molar-refractivity contribution in [2.45, 2.75) is 19.4 Å². The highest BCUT2D eigenvalue weighted by Crippen LogP contribution is 2.33. The molecule has 0 fully saturated rings. The Morgan fingerprint density at radius 2 is 1.96 bits per heavy atom. The highest BCUT2D eigenvalue weighted by atomic mass is 32.1. The summed E-state index contributed by atoms with van der Waals surface area (Å²) in [6.45, 7) is 2.09. The molecule has 4 nitrogen and oxygen atoms in total. The van der Waals surface area contributed by atoms with E-state index in [1.807, 2.05) is 47.5 Å². The third-order valence-electron chi connectivity index (χ3n) is 4.37. The lowest BCUT2D eigenvalue weighted by molar-refractivity contribution is 0.318. The molecule has 1 aliphatic heterocycles. The minimum atomic E-state index is -0.0516. The zero-order valence-electron chi connectivity index (χ0n) is 14.4.